The summed E-state index contributed by atoms with van der Waals surface area (Å²) in [5.74, 6) is -2.57. The number of morpholine rings is 1. The second-order valence-corrected chi connectivity index (χ2v) is 8.54. The topological polar surface area (TPSA) is 175 Å². The summed E-state index contributed by atoms with van der Waals surface area (Å²) in [6.45, 7) is 2.25. The largest absolute Gasteiger partial charge is 0.508 e. The van der Waals surface area contributed by atoms with E-state index in [-0.39, 0.29) is 45.6 Å². The molecule has 2 aliphatic rings. The van der Waals surface area contributed by atoms with Crippen LogP contribution in [-0.4, -0.2) is 94.8 Å². The molecule has 2 aliphatic heterocycles. The van der Waals surface area contributed by atoms with Crippen molar-refractivity contribution in [1.29, 1.82) is 0 Å². The normalized spacial score (nSPS) is 22.2. The average Bonchev–Trinajstić information content (AvgIpc) is 2.78. The third-order valence-electron chi connectivity index (χ3n) is 5.31. The Morgan fingerprint density at radius 1 is 1.21 bits per heavy atom. The molecule has 1 fully saturated rings. The summed E-state index contributed by atoms with van der Waals surface area (Å²) < 4.78 is 10.4. The van der Waals surface area contributed by atoms with Crippen molar-refractivity contribution in [3.63, 3.8) is 0 Å². The van der Waals surface area contributed by atoms with Gasteiger partial charge < -0.3 is 40.3 Å². The predicted molar refractivity (Wildman–Crippen MR) is 115 cm³/mol. The van der Waals surface area contributed by atoms with Gasteiger partial charge in [-0.1, -0.05) is 0 Å². The number of hydrogen-bond acceptors (Lipinski definition) is 9. The van der Waals surface area contributed by atoms with Gasteiger partial charge in [-0.3, -0.25) is 9.59 Å². The van der Waals surface area contributed by atoms with Gasteiger partial charge in [0.05, 0.1) is 18.8 Å². The van der Waals surface area contributed by atoms with Gasteiger partial charge in [-0.05, 0) is 6.92 Å². The van der Waals surface area contributed by atoms with Gasteiger partial charge in [0.1, 0.15) is 30.2 Å². The lowest BCUT2D eigenvalue weighted by molar-refractivity contribution is -0.139. The van der Waals surface area contributed by atoms with E-state index in [0.717, 1.165) is 6.07 Å². The number of benzene rings is 1. The first-order chi connectivity index (χ1) is 15.7. The lowest BCUT2D eigenvalue weighted by Crippen LogP contribution is -2.57. The summed E-state index contributed by atoms with van der Waals surface area (Å²) in [5.41, 5.74) is 0.289. The van der Waals surface area contributed by atoms with E-state index in [0.29, 0.717) is 26.3 Å². The van der Waals surface area contributed by atoms with Crippen LogP contribution in [-0.2, 0) is 24.8 Å². The SMILES string of the molecule is Cc1c(O)cc(O)c2c1C(=O)OC[C@H](NC(=O)O)C(=O)N[C@H](C(=O)N1CCOCC1)CSC2. The number of nitrogens with zero attached hydrogens (tertiary/aromatic N) is 1. The molecule has 0 saturated carbocycles. The first-order valence-electron chi connectivity index (χ1n) is 10.1. The number of phenolic OH excluding ortho intramolecular Hbond substituents is 2. The highest BCUT2D eigenvalue weighted by atomic mass is 32.2. The molecule has 12 nitrogen and oxygen atoms in total. The van der Waals surface area contributed by atoms with Gasteiger partial charge in [-0.15, -0.1) is 0 Å². The quantitative estimate of drug-likeness (QED) is 0.354. The molecular formula is C20H25N3O9S. The number of carbonyl (C=O) groups excluding carboxylic acids is 3. The summed E-state index contributed by atoms with van der Waals surface area (Å²) in [5, 5.41) is 34.0. The van der Waals surface area contributed by atoms with Crippen LogP contribution in [0.25, 0.3) is 0 Å². The highest BCUT2D eigenvalue weighted by Gasteiger charge is 2.33. The minimum absolute atomic E-state index is 0.0777. The number of cyclic esters (lactones) is 1. The molecule has 2 atom stereocenters. The number of esters is 1. The fourth-order valence-electron chi connectivity index (χ4n) is 3.52. The lowest BCUT2D eigenvalue weighted by Gasteiger charge is -2.31. The Hall–Kier alpha value is -3.19. The van der Waals surface area contributed by atoms with Gasteiger partial charge in [0, 0.05) is 41.8 Å². The molecule has 5 N–H and O–H groups in total. The zero-order valence-electron chi connectivity index (χ0n) is 17.8. The predicted octanol–water partition coefficient (Wildman–Crippen LogP) is -0.210. The monoisotopic (exact) mass is 483 g/mol. The van der Waals surface area contributed by atoms with E-state index < -0.39 is 36.7 Å². The number of ether oxygens (including phenoxy) is 2. The molecule has 0 aliphatic carbocycles. The molecule has 1 saturated heterocycles. The van der Waals surface area contributed by atoms with Crippen LogP contribution in [0.3, 0.4) is 0 Å². The number of phenols is 2. The maximum atomic E-state index is 13.0. The fraction of sp³-hybridized carbons (Fsp3) is 0.500. The number of fused-ring (bicyclic) bond motifs is 1. The smallest absolute Gasteiger partial charge is 0.405 e. The second-order valence-electron chi connectivity index (χ2n) is 7.51. The molecule has 180 valence electrons. The third-order valence-corrected chi connectivity index (χ3v) is 6.37. The molecule has 1 aromatic carbocycles. The van der Waals surface area contributed by atoms with Crippen LogP contribution in [0.15, 0.2) is 6.07 Å². The summed E-state index contributed by atoms with van der Waals surface area (Å²) in [6.07, 6.45) is -1.52. The van der Waals surface area contributed by atoms with Gasteiger partial charge in [0.15, 0.2) is 0 Å². The maximum absolute atomic E-state index is 13.0. The first kappa shape index (κ1) is 24.5. The van der Waals surface area contributed by atoms with Crippen LogP contribution in [0.5, 0.6) is 11.5 Å². The van der Waals surface area contributed by atoms with E-state index in [4.69, 9.17) is 14.6 Å². The van der Waals surface area contributed by atoms with E-state index in [2.05, 4.69) is 5.32 Å². The molecule has 3 rings (SSSR count). The number of aromatic hydroxyl groups is 2. The van der Waals surface area contributed by atoms with Crippen molar-refractivity contribution in [2.75, 3.05) is 38.7 Å². The van der Waals surface area contributed by atoms with Gasteiger partial charge in [-0.2, -0.15) is 11.8 Å². The molecule has 1 aromatic rings. The average molecular weight is 483 g/mol. The standard InChI is InChI=1S/C20H25N3O9S/c1-10-14(24)6-15(25)11-8-33-9-13(18(27)23-2-4-31-5-3-23)21-17(26)12(22-20(29)30)7-32-19(28)16(10)11/h6,12-13,22,24-25H,2-5,7-9H2,1H3,(H,21,26)(H,29,30)/t12-,13-/m0/s1. The summed E-state index contributed by atoms with van der Waals surface area (Å²) in [7, 11) is 0. The Morgan fingerprint density at radius 3 is 2.58 bits per heavy atom. The summed E-state index contributed by atoms with van der Waals surface area (Å²) in [4.78, 5) is 51.3. The van der Waals surface area contributed by atoms with Gasteiger partial charge >= 0.3 is 12.1 Å². The van der Waals surface area contributed by atoms with Crippen molar-refractivity contribution in [2.24, 2.45) is 0 Å². The molecule has 13 heteroatoms. The van der Waals surface area contributed by atoms with Gasteiger partial charge in [0.25, 0.3) is 0 Å². The molecule has 33 heavy (non-hydrogen) atoms. The van der Waals surface area contributed by atoms with E-state index in [1.165, 1.54) is 18.7 Å². The lowest BCUT2D eigenvalue weighted by atomic mass is 10.0. The zero-order chi connectivity index (χ0) is 24.1. The van der Waals surface area contributed by atoms with Crippen LogP contribution >= 0.6 is 11.8 Å². The van der Waals surface area contributed by atoms with Crippen LogP contribution in [0.1, 0.15) is 21.5 Å². The van der Waals surface area contributed by atoms with E-state index in [1.54, 1.807) is 4.90 Å². The molecule has 2 heterocycles. The molecular weight excluding hydrogens is 458 g/mol. The molecule has 0 radical (unpaired) electrons. The van der Waals surface area contributed by atoms with Gasteiger partial charge in [-0.25, -0.2) is 9.59 Å². The van der Waals surface area contributed by atoms with Crippen molar-refractivity contribution < 1.29 is 44.0 Å². The van der Waals surface area contributed by atoms with Gasteiger partial charge in [0.2, 0.25) is 11.8 Å². The minimum Gasteiger partial charge on any atom is -0.508 e. The molecule has 0 bridgehead atoms. The van der Waals surface area contributed by atoms with Crippen molar-refractivity contribution in [3.8, 4) is 11.5 Å². The van der Waals surface area contributed by atoms with E-state index >= 15 is 0 Å². The highest BCUT2D eigenvalue weighted by molar-refractivity contribution is 7.98. The van der Waals surface area contributed by atoms with Crippen LogP contribution in [0.2, 0.25) is 0 Å². The Bertz CT molecular complexity index is 949. The van der Waals surface area contributed by atoms with E-state index in [9.17, 15) is 29.4 Å². The van der Waals surface area contributed by atoms with Crippen molar-refractivity contribution in [1.82, 2.24) is 15.5 Å². The second kappa shape index (κ2) is 10.6. The Labute approximate surface area is 193 Å². The number of carboxylic acid groups (broad SMARTS) is 1. The third kappa shape index (κ3) is 5.79. The molecule has 0 aromatic heterocycles. The Balaban J connectivity index is 1.94. The number of carbonyl (C=O) groups is 4. The summed E-state index contributed by atoms with van der Waals surface area (Å²) in [6, 6.07) is -1.36. The number of hydrogen-bond donors (Lipinski definition) is 5. The number of rotatable bonds is 2. The molecule has 0 spiro atoms. The van der Waals surface area contributed by atoms with Crippen molar-refractivity contribution in [3.05, 3.63) is 22.8 Å². The Morgan fingerprint density at radius 2 is 1.91 bits per heavy atom. The van der Waals surface area contributed by atoms with Crippen LogP contribution < -0.4 is 10.6 Å². The molecule has 3 amide bonds. The van der Waals surface area contributed by atoms with Crippen molar-refractivity contribution in [2.45, 2.75) is 24.8 Å². The fourth-order valence-corrected chi connectivity index (χ4v) is 4.60. The Kier molecular flexibility index (Phi) is 7.87. The number of amides is 3. The first-order valence-corrected chi connectivity index (χ1v) is 11.3. The summed E-state index contributed by atoms with van der Waals surface area (Å²) >= 11 is 1.18. The maximum Gasteiger partial charge on any atom is 0.405 e. The zero-order valence-corrected chi connectivity index (χ0v) is 18.6. The van der Waals surface area contributed by atoms with Crippen LogP contribution in [0.4, 0.5) is 4.79 Å². The molecule has 0 unspecified atom stereocenters. The van der Waals surface area contributed by atoms with Crippen LogP contribution in [0, 0.1) is 6.92 Å². The van der Waals surface area contributed by atoms with Crippen molar-refractivity contribution >= 4 is 35.6 Å². The minimum atomic E-state index is -1.52. The number of nitrogens with one attached hydrogen (secondary N) is 2. The highest BCUT2D eigenvalue weighted by Crippen LogP contribution is 2.35. The van der Waals surface area contributed by atoms with E-state index in [1.807, 2.05) is 5.32 Å². The number of thioether (sulfide) groups is 1.